The summed E-state index contributed by atoms with van der Waals surface area (Å²) >= 11 is 0. The van der Waals surface area contributed by atoms with Gasteiger partial charge in [0.1, 0.15) is 0 Å². The lowest BCUT2D eigenvalue weighted by Crippen LogP contribution is -2.40. The highest BCUT2D eigenvalue weighted by atomic mass is 16.5. The smallest absolute Gasteiger partial charge is 0.191 e. The van der Waals surface area contributed by atoms with E-state index in [1.807, 2.05) is 18.2 Å². The summed E-state index contributed by atoms with van der Waals surface area (Å²) < 4.78 is 10.6. The molecular weight excluding hydrogens is 316 g/mol. The Kier molecular flexibility index (Phi) is 7.85. The molecule has 2 rings (SSSR count). The SMILES string of the molecule is CCNC(=NCc1ccc(OC)c(OC)c1)NCC1CCN(CC)C1. The van der Waals surface area contributed by atoms with Crippen molar-refractivity contribution in [2.45, 2.75) is 26.8 Å². The molecule has 1 aliphatic rings. The van der Waals surface area contributed by atoms with Gasteiger partial charge in [-0.05, 0) is 50.0 Å². The van der Waals surface area contributed by atoms with Crippen LogP contribution in [0, 0.1) is 5.92 Å². The number of ether oxygens (including phenoxy) is 2. The van der Waals surface area contributed by atoms with Gasteiger partial charge < -0.3 is 25.0 Å². The van der Waals surface area contributed by atoms with Crippen LogP contribution in [0.1, 0.15) is 25.8 Å². The molecule has 1 aliphatic heterocycles. The van der Waals surface area contributed by atoms with E-state index in [9.17, 15) is 0 Å². The molecular formula is C19H32N4O2. The van der Waals surface area contributed by atoms with Crippen LogP contribution in [0.4, 0.5) is 0 Å². The molecule has 25 heavy (non-hydrogen) atoms. The molecule has 1 saturated heterocycles. The summed E-state index contributed by atoms with van der Waals surface area (Å²) in [5, 5.41) is 6.81. The summed E-state index contributed by atoms with van der Waals surface area (Å²) in [6, 6.07) is 5.91. The molecule has 0 aliphatic carbocycles. The maximum absolute atomic E-state index is 5.36. The fourth-order valence-electron chi connectivity index (χ4n) is 3.10. The largest absolute Gasteiger partial charge is 0.493 e. The second-order valence-electron chi connectivity index (χ2n) is 6.31. The first-order chi connectivity index (χ1) is 12.2. The standard InChI is InChI=1S/C19H32N4O2/c1-5-20-19(22-13-16-9-10-23(6-2)14-16)21-12-15-7-8-17(24-3)18(11-15)25-4/h7-8,11,16H,5-6,9-10,12-14H2,1-4H3,(H2,20,21,22). The van der Waals surface area contributed by atoms with E-state index in [0.29, 0.717) is 12.5 Å². The van der Waals surface area contributed by atoms with Gasteiger partial charge in [-0.25, -0.2) is 4.99 Å². The number of aliphatic imine (C=N–C) groups is 1. The molecule has 0 saturated carbocycles. The van der Waals surface area contributed by atoms with Crippen molar-refractivity contribution in [2.24, 2.45) is 10.9 Å². The van der Waals surface area contributed by atoms with E-state index < -0.39 is 0 Å². The first kappa shape index (κ1) is 19.4. The molecule has 1 aromatic carbocycles. The molecule has 1 heterocycles. The summed E-state index contributed by atoms with van der Waals surface area (Å²) in [5.41, 5.74) is 1.09. The first-order valence-electron chi connectivity index (χ1n) is 9.15. The van der Waals surface area contributed by atoms with Crippen molar-refractivity contribution in [3.8, 4) is 11.5 Å². The number of likely N-dealkylation sites (tertiary alicyclic amines) is 1. The minimum Gasteiger partial charge on any atom is -0.493 e. The van der Waals surface area contributed by atoms with Crippen LogP contribution < -0.4 is 20.1 Å². The van der Waals surface area contributed by atoms with Crippen LogP contribution in [0.25, 0.3) is 0 Å². The minimum atomic E-state index is 0.599. The third kappa shape index (κ3) is 5.81. The van der Waals surface area contributed by atoms with Gasteiger partial charge in [0.25, 0.3) is 0 Å². The van der Waals surface area contributed by atoms with Gasteiger partial charge in [-0.1, -0.05) is 13.0 Å². The fraction of sp³-hybridized carbons (Fsp3) is 0.632. The van der Waals surface area contributed by atoms with Crippen LogP contribution in [-0.4, -0.2) is 57.8 Å². The minimum absolute atomic E-state index is 0.599. The number of hydrogen-bond donors (Lipinski definition) is 2. The number of nitrogens with zero attached hydrogens (tertiary/aromatic N) is 2. The average Bonchev–Trinajstić information content (AvgIpc) is 3.11. The van der Waals surface area contributed by atoms with E-state index in [4.69, 9.17) is 14.5 Å². The van der Waals surface area contributed by atoms with Crippen LogP contribution in [0.5, 0.6) is 11.5 Å². The van der Waals surface area contributed by atoms with Gasteiger partial charge in [0.15, 0.2) is 17.5 Å². The molecule has 140 valence electrons. The molecule has 0 bridgehead atoms. The molecule has 0 radical (unpaired) electrons. The van der Waals surface area contributed by atoms with Crippen molar-refractivity contribution in [1.29, 1.82) is 0 Å². The van der Waals surface area contributed by atoms with Crippen LogP contribution >= 0.6 is 0 Å². The summed E-state index contributed by atoms with van der Waals surface area (Å²) in [6.07, 6.45) is 1.26. The van der Waals surface area contributed by atoms with Gasteiger partial charge in [0.05, 0.1) is 20.8 Å². The summed E-state index contributed by atoms with van der Waals surface area (Å²) in [4.78, 5) is 7.20. The molecule has 2 N–H and O–H groups in total. The monoisotopic (exact) mass is 348 g/mol. The number of methoxy groups -OCH3 is 2. The third-order valence-electron chi connectivity index (χ3n) is 4.59. The zero-order valence-electron chi connectivity index (χ0n) is 16.0. The number of nitrogens with one attached hydrogen (secondary N) is 2. The molecule has 0 spiro atoms. The molecule has 1 aromatic rings. The molecule has 6 nitrogen and oxygen atoms in total. The Morgan fingerprint density at radius 3 is 2.64 bits per heavy atom. The maximum atomic E-state index is 5.36. The maximum Gasteiger partial charge on any atom is 0.191 e. The van der Waals surface area contributed by atoms with E-state index in [1.54, 1.807) is 14.2 Å². The van der Waals surface area contributed by atoms with Gasteiger partial charge >= 0.3 is 0 Å². The van der Waals surface area contributed by atoms with Crippen molar-refractivity contribution in [3.63, 3.8) is 0 Å². The quantitative estimate of drug-likeness (QED) is 0.557. The highest BCUT2D eigenvalue weighted by Gasteiger charge is 2.20. The number of benzene rings is 1. The lowest BCUT2D eigenvalue weighted by molar-refractivity contribution is 0.342. The molecule has 0 amide bonds. The van der Waals surface area contributed by atoms with Crippen molar-refractivity contribution in [2.75, 3.05) is 46.9 Å². The summed E-state index contributed by atoms with van der Waals surface area (Å²) in [5.74, 6) is 3.04. The van der Waals surface area contributed by atoms with Crippen molar-refractivity contribution in [1.82, 2.24) is 15.5 Å². The van der Waals surface area contributed by atoms with Crippen LogP contribution in [0.3, 0.4) is 0 Å². The highest BCUT2D eigenvalue weighted by Crippen LogP contribution is 2.27. The Morgan fingerprint density at radius 2 is 2.00 bits per heavy atom. The Morgan fingerprint density at radius 1 is 1.20 bits per heavy atom. The lowest BCUT2D eigenvalue weighted by Gasteiger charge is -2.16. The zero-order chi connectivity index (χ0) is 18.1. The van der Waals surface area contributed by atoms with E-state index in [2.05, 4.69) is 29.4 Å². The van der Waals surface area contributed by atoms with Crippen molar-refractivity contribution in [3.05, 3.63) is 23.8 Å². The average molecular weight is 348 g/mol. The van der Waals surface area contributed by atoms with E-state index >= 15 is 0 Å². The Bertz CT molecular complexity index is 562. The molecule has 6 heteroatoms. The Labute approximate surface area is 151 Å². The predicted molar refractivity (Wildman–Crippen MR) is 103 cm³/mol. The summed E-state index contributed by atoms with van der Waals surface area (Å²) in [7, 11) is 3.29. The Balaban J connectivity index is 1.92. The van der Waals surface area contributed by atoms with Crippen molar-refractivity contribution >= 4 is 5.96 Å². The normalized spacial score (nSPS) is 18.2. The van der Waals surface area contributed by atoms with Crippen LogP contribution in [0.15, 0.2) is 23.2 Å². The van der Waals surface area contributed by atoms with Gasteiger partial charge in [-0.2, -0.15) is 0 Å². The molecule has 0 aromatic heterocycles. The molecule has 1 fully saturated rings. The molecule has 1 unspecified atom stereocenters. The number of hydrogen-bond acceptors (Lipinski definition) is 4. The third-order valence-corrected chi connectivity index (χ3v) is 4.59. The Hall–Kier alpha value is -1.95. The predicted octanol–water partition coefficient (Wildman–Crippen LogP) is 2.10. The van der Waals surface area contributed by atoms with Crippen LogP contribution in [0.2, 0.25) is 0 Å². The van der Waals surface area contributed by atoms with E-state index in [-0.39, 0.29) is 0 Å². The van der Waals surface area contributed by atoms with Gasteiger partial charge in [0.2, 0.25) is 0 Å². The summed E-state index contributed by atoms with van der Waals surface area (Å²) in [6.45, 7) is 10.3. The fourth-order valence-corrected chi connectivity index (χ4v) is 3.10. The van der Waals surface area contributed by atoms with Crippen LogP contribution in [-0.2, 0) is 6.54 Å². The topological polar surface area (TPSA) is 58.1 Å². The van der Waals surface area contributed by atoms with Gasteiger partial charge in [-0.15, -0.1) is 0 Å². The second-order valence-corrected chi connectivity index (χ2v) is 6.31. The van der Waals surface area contributed by atoms with Crippen molar-refractivity contribution < 1.29 is 9.47 Å². The number of rotatable bonds is 8. The van der Waals surface area contributed by atoms with E-state index in [1.165, 1.54) is 19.5 Å². The second kappa shape index (κ2) is 10.1. The highest BCUT2D eigenvalue weighted by molar-refractivity contribution is 5.79. The van der Waals surface area contributed by atoms with Gasteiger partial charge in [-0.3, -0.25) is 0 Å². The number of guanidine groups is 1. The van der Waals surface area contributed by atoms with Gasteiger partial charge in [0, 0.05) is 19.6 Å². The zero-order valence-corrected chi connectivity index (χ0v) is 16.0. The van der Waals surface area contributed by atoms with E-state index in [0.717, 1.165) is 42.7 Å². The molecule has 1 atom stereocenters. The lowest BCUT2D eigenvalue weighted by atomic mass is 10.1. The first-order valence-corrected chi connectivity index (χ1v) is 9.15.